The fraction of sp³-hybridized carbons (Fsp3) is 0.417. The van der Waals surface area contributed by atoms with Gasteiger partial charge in [-0.1, -0.05) is 0 Å². The topological polar surface area (TPSA) is 38.8 Å². The van der Waals surface area contributed by atoms with Gasteiger partial charge in [0.15, 0.2) is 0 Å². The first-order valence-corrected chi connectivity index (χ1v) is 5.25. The molecule has 0 heterocycles. The van der Waals surface area contributed by atoms with Gasteiger partial charge in [-0.05, 0) is 31.2 Å². The van der Waals surface area contributed by atoms with E-state index in [1.807, 2.05) is 31.2 Å². The number of nitrogens with zero attached hydrogens (tertiary/aromatic N) is 1. The normalized spacial score (nSPS) is 9.88. The van der Waals surface area contributed by atoms with E-state index in [4.69, 9.17) is 9.47 Å². The third kappa shape index (κ3) is 3.55. The average molecular weight is 223 g/mol. The van der Waals surface area contributed by atoms with Crippen LogP contribution in [0.1, 0.15) is 6.92 Å². The zero-order valence-corrected chi connectivity index (χ0v) is 9.68. The van der Waals surface area contributed by atoms with E-state index in [2.05, 4.69) is 0 Å². The van der Waals surface area contributed by atoms with Crippen molar-refractivity contribution in [3.8, 4) is 5.75 Å². The number of ether oxygens (including phenoxy) is 2. The predicted molar refractivity (Wildman–Crippen MR) is 62.9 cm³/mol. The highest BCUT2D eigenvalue weighted by Gasteiger charge is 2.04. The summed E-state index contributed by atoms with van der Waals surface area (Å²) >= 11 is 0. The highest BCUT2D eigenvalue weighted by Crippen LogP contribution is 2.17. The first kappa shape index (κ1) is 12.5. The molecule has 0 saturated heterocycles. The first-order chi connectivity index (χ1) is 7.81. The molecule has 1 aromatic carbocycles. The van der Waals surface area contributed by atoms with Gasteiger partial charge in [0, 0.05) is 18.8 Å². The van der Waals surface area contributed by atoms with Crippen LogP contribution in [0.15, 0.2) is 24.3 Å². The van der Waals surface area contributed by atoms with E-state index in [9.17, 15) is 4.79 Å². The van der Waals surface area contributed by atoms with Crippen molar-refractivity contribution in [3.05, 3.63) is 24.3 Å². The standard InChI is InChI=1S/C12H17NO3/c1-3-16-9-8-13(10-14)11-4-6-12(15-2)7-5-11/h4-7,10H,3,8-9H2,1-2H3. The summed E-state index contributed by atoms with van der Waals surface area (Å²) in [6, 6.07) is 7.34. The second-order valence-electron chi connectivity index (χ2n) is 3.19. The molecule has 0 aliphatic rings. The average Bonchev–Trinajstić information content (AvgIpc) is 2.35. The van der Waals surface area contributed by atoms with Crippen molar-refractivity contribution in [2.45, 2.75) is 6.92 Å². The Balaban J connectivity index is 2.60. The molecule has 0 aliphatic heterocycles. The molecular formula is C12H17NO3. The Morgan fingerprint density at radius 3 is 2.50 bits per heavy atom. The second kappa shape index (κ2) is 6.85. The zero-order valence-electron chi connectivity index (χ0n) is 9.68. The summed E-state index contributed by atoms with van der Waals surface area (Å²) in [5.74, 6) is 0.777. The molecule has 0 N–H and O–H groups in total. The first-order valence-electron chi connectivity index (χ1n) is 5.25. The summed E-state index contributed by atoms with van der Waals surface area (Å²) in [6.45, 7) is 3.69. The maximum absolute atomic E-state index is 10.9. The van der Waals surface area contributed by atoms with E-state index >= 15 is 0 Å². The zero-order chi connectivity index (χ0) is 11.8. The van der Waals surface area contributed by atoms with Crippen LogP contribution in [-0.4, -0.2) is 33.3 Å². The Kier molecular flexibility index (Phi) is 5.36. The molecule has 88 valence electrons. The van der Waals surface area contributed by atoms with Crippen LogP contribution >= 0.6 is 0 Å². The Morgan fingerprint density at radius 2 is 2.00 bits per heavy atom. The summed E-state index contributed by atoms with van der Waals surface area (Å²) < 4.78 is 10.3. The molecule has 1 amide bonds. The van der Waals surface area contributed by atoms with Crippen molar-refractivity contribution >= 4 is 12.1 Å². The fourth-order valence-electron chi connectivity index (χ4n) is 1.32. The maximum Gasteiger partial charge on any atom is 0.214 e. The van der Waals surface area contributed by atoms with Gasteiger partial charge in [-0.15, -0.1) is 0 Å². The minimum Gasteiger partial charge on any atom is -0.497 e. The molecule has 0 unspecified atom stereocenters. The lowest BCUT2D eigenvalue weighted by molar-refractivity contribution is -0.107. The third-order valence-electron chi connectivity index (χ3n) is 2.21. The molecule has 1 aromatic rings. The van der Waals surface area contributed by atoms with Crippen molar-refractivity contribution < 1.29 is 14.3 Å². The SMILES string of the molecule is CCOCCN(C=O)c1ccc(OC)cc1. The monoisotopic (exact) mass is 223 g/mol. The van der Waals surface area contributed by atoms with Crippen LogP contribution in [0.25, 0.3) is 0 Å². The number of rotatable bonds is 7. The summed E-state index contributed by atoms with van der Waals surface area (Å²) in [7, 11) is 1.61. The molecule has 0 atom stereocenters. The van der Waals surface area contributed by atoms with Gasteiger partial charge in [-0.2, -0.15) is 0 Å². The number of amides is 1. The molecule has 0 bridgehead atoms. The van der Waals surface area contributed by atoms with Crippen LogP contribution in [0, 0.1) is 0 Å². The van der Waals surface area contributed by atoms with Crippen molar-refractivity contribution in [1.29, 1.82) is 0 Å². The van der Waals surface area contributed by atoms with Crippen LogP contribution in [0.4, 0.5) is 5.69 Å². The molecule has 0 aromatic heterocycles. The van der Waals surface area contributed by atoms with Gasteiger partial charge < -0.3 is 14.4 Å². The summed E-state index contributed by atoms with van der Waals surface area (Å²) in [5.41, 5.74) is 0.843. The number of carbonyl (C=O) groups excluding carboxylic acids is 1. The van der Waals surface area contributed by atoms with Crippen LogP contribution in [0.3, 0.4) is 0 Å². The van der Waals surface area contributed by atoms with Gasteiger partial charge in [0.1, 0.15) is 5.75 Å². The van der Waals surface area contributed by atoms with Gasteiger partial charge in [-0.25, -0.2) is 0 Å². The van der Waals surface area contributed by atoms with Crippen LogP contribution in [-0.2, 0) is 9.53 Å². The molecule has 0 spiro atoms. The largest absolute Gasteiger partial charge is 0.497 e. The van der Waals surface area contributed by atoms with Gasteiger partial charge in [0.25, 0.3) is 0 Å². The maximum atomic E-state index is 10.9. The van der Waals surface area contributed by atoms with Crippen LogP contribution < -0.4 is 9.64 Å². The third-order valence-corrected chi connectivity index (χ3v) is 2.21. The van der Waals surface area contributed by atoms with E-state index in [1.165, 1.54) is 0 Å². The minimum absolute atomic E-state index is 0.543. The second-order valence-corrected chi connectivity index (χ2v) is 3.19. The van der Waals surface area contributed by atoms with Crippen molar-refractivity contribution in [2.75, 3.05) is 31.8 Å². The number of anilines is 1. The smallest absolute Gasteiger partial charge is 0.214 e. The molecule has 16 heavy (non-hydrogen) atoms. The summed E-state index contributed by atoms with van der Waals surface area (Å²) in [4.78, 5) is 12.5. The van der Waals surface area contributed by atoms with Gasteiger partial charge in [0.05, 0.1) is 13.7 Å². The molecule has 1 rings (SSSR count). The van der Waals surface area contributed by atoms with Crippen molar-refractivity contribution in [1.82, 2.24) is 0 Å². The van der Waals surface area contributed by atoms with E-state index in [0.717, 1.165) is 17.8 Å². The Bertz CT molecular complexity index is 311. The molecule has 4 nitrogen and oxygen atoms in total. The van der Waals surface area contributed by atoms with Crippen molar-refractivity contribution in [3.63, 3.8) is 0 Å². The number of benzene rings is 1. The van der Waals surface area contributed by atoms with E-state index in [0.29, 0.717) is 19.8 Å². The molecule has 0 radical (unpaired) electrons. The highest BCUT2D eigenvalue weighted by atomic mass is 16.5. The lowest BCUT2D eigenvalue weighted by Crippen LogP contribution is -2.25. The van der Waals surface area contributed by atoms with Gasteiger partial charge in [-0.3, -0.25) is 4.79 Å². The number of hydrogen-bond acceptors (Lipinski definition) is 3. The van der Waals surface area contributed by atoms with E-state index in [-0.39, 0.29) is 0 Å². The van der Waals surface area contributed by atoms with E-state index < -0.39 is 0 Å². The Hall–Kier alpha value is -1.55. The molecule has 0 fully saturated rings. The number of carbonyl (C=O) groups is 1. The fourth-order valence-corrected chi connectivity index (χ4v) is 1.32. The molecule has 0 aliphatic carbocycles. The van der Waals surface area contributed by atoms with Crippen LogP contribution in [0.5, 0.6) is 5.75 Å². The Labute approximate surface area is 95.8 Å². The molecular weight excluding hydrogens is 206 g/mol. The lowest BCUT2D eigenvalue weighted by Gasteiger charge is -2.17. The quantitative estimate of drug-likeness (QED) is 0.521. The lowest BCUT2D eigenvalue weighted by atomic mass is 10.3. The molecule has 4 heteroatoms. The van der Waals surface area contributed by atoms with E-state index in [1.54, 1.807) is 12.0 Å². The summed E-state index contributed by atoms with van der Waals surface area (Å²) in [6.07, 6.45) is 0.806. The van der Waals surface area contributed by atoms with Crippen molar-refractivity contribution in [2.24, 2.45) is 0 Å². The highest BCUT2D eigenvalue weighted by molar-refractivity contribution is 5.75. The Morgan fingerprint density at radius 1 is 1.31 bits per heavy atom. The predicted octanol–water partition coefficient (Wildman–Crippen LogP) is 1.69. The molecule has 0 saturated carbocycles. The van der Waals surface area contributed by atoms with Crippen LogP contribution in [0.2, 0.25) is 0 Å². The van der Waals surface area contributed by atoms with Gasteiger partial charge >= 0.3 is 0 Å². The number of hydrogen-bond donors (Lipinski definition) is 0. The number of methoxy groups -OCH3 is 1. The minimum atomic E-state index is 0.543. The summed E-state index contributed by atoms with van der Waals surface area (Å²) in [5, 5.41) is 0. The van der Waals surface area contributed by atoms with Gasteiger partial charge in [0.2, 0.25) is 6.41 Å².